The van der Waals surface area contributed by atoms with Gasteiger partial charge in [-0.2, -0.15) is 14.6 Å². The standard InChI is InChI=1S/C33H24BrN5O2S/c34-25-13-17-27(18-14-25)41-21-31-35-33-39(37-31)32(40)30(42-33)19-22-11-15-26(16-12-22)38-29(24-9-5-2-6-10-24)20-28(36-38)23-7-3-1-4-8-23/h1-19,29H,20-21H2/b30-19-. The summed E-state index contributed by atoms with van der Waals surface area (Å²) < 4.78 is 8.65. The molecule has 0 saturated carbocycles. The molecule has 6 aromatic rings. The Kier molecular flexibility index (Phi) is 7.11. The number of fused-ring (bicyclic) bond motifs is 1. The van der Waals surface area contributed by atoms with E-state index in [-0.39, 0.29) is 18.2 Å². The predicted octanol–water partition coefficient (Wildman–Crippen LogP) is 6.40. The maximum Gasteiger partial charge on any atom is 0.291 e. The molecule has 3 heterocycles. The lowest BCUT2D eigenvalue weighted by atomic mass is 9.98. The number of nitrogens with zero attached hydrogens (tertiary/aromatic N) is 5. The highest BCUT2D eigenvalue weighted by molar-refractivity contribution is 9.10. The number of thiazole rings is 1. The van der Waals surface area contributed by atoms with Gasteiger partial charge in [-0.15, -0.1) is 5.10 Å². The van der Waals surface area contributed by atoms with Crippen LogP contribution in [0.4, 0.5) is 5.69 Å². The van der Waals surface area contributed by atoms with E-state index in [1.54, 1.807) is 0 Å². The largest absolute Gasteiger partial charge is 0.486 e. The topological polar surface area (TPSA) is 72.1 Å². The smallest absolute Gasteiger partial charge is 0.291 e. The molecule has 42 heavy (non-hydrogen) atoms. The van der Waals surface area contributed by atoms with Gasteiger partial charge in [-0.25, -0.2) is 0 Å². The number of hydrogen-bond donors (Lipinski definition) is 0. The molecule has 1 atom stereocenters. The van der Waals surface area contributed by atoms with Crippen LogP contribution in [0.1, 0.15) is 35.0 Å². The Bertz CT molecular complexity index is 1990. The summed E-state index contributed by atoms with van der Waals surface area (Å²) in [6.07, 6.45) is 2.70. The molecule has 1 unspecified atom stereocenters. The molecular weight excluding hydrogens is 610 g/mol. The Labute approximate surface area is 254 Å². The molecule has 0 saturated heterocycles. The Morgan fingerprint density at radius 2 is 1.62 bits per heavy atom. The van der Waals surface area contributed by atoms with E-state index in [4.69, 9.17) is 9.84 Å². The average Bonchev–Trinajstić information content (AvgIpc) is 3.73. The predicted molar refractivity (Wildman–Crippen MR) is 170 cm³/mol. The van der Waals surface area contributed by atoms with Gasteiger partial charge in [0.15, 0.2) is 5.82 Å². The fourth-order valence-electron chi connectivity index (χ4n) is 4.98. The van der Waals surface area contributed by atoms with Crippen molar-refractivity contribution < 1.29 is 4.74 Å². The molecule has 4 aromatic carbocycles. The van der Waals surface area contributed by atoms with Gasteiger partial charge in [0, 0.05) is 10.9 Å². The van der Waals surface area contributed by atoms with Crippen LogP contribution >= 0.6 is 27.3 Å². The summed E-state index contributed by atoms with van der Waals surface area (Å²) in [5, 5.41) is 11.5. The second-order valence-corrected chi connectivity index (χ2v) is 11.8. The van der Waals surface area contributed by atoms with Gasteiger partial charge in [0.1, 0.15) is 12.4 Å². The Balaban J connectivity index is 1.13. The third-order valence-electron chi connectivity index (χ3n) is 7.06. The van der Waals surface area contributed by atoms with Crippen molar-refractivity contribution >= 4 is 49.7 Å². The fourth-order valence-corrected chi connectivity index (χ4v) is 6.17. The zero-order valence-corrected chi connectivity index (χ0v) is 24.7. The highest BCUT2D eigenvalue weighted by Crippen LogP contribution is 2.36. The fraction of sp³-hybridized carbons (Fsp3) is 0.0909. The van der Waals surface area contributed by atoms with Gasteiger partial charge >= 0.3 is 0 Å². The molecule has 1 aliphatic heterocycles. The van der Waals surface area contributed by atoms with Gasteiger partial charge in [0.2, 0.25) is 4.96 Å². The van der Waals surface area contributed by atoms with E-state index in [1.807, 2.05) is 66.7 Å². The second-order valence-electron chi connectivity index (χ2n) is 9.86. The van der Waals surface area contributed by atoms with Crippen LogP contribution in [0.15, 0.2) is 124 Å². The van der Waals surface area contributed by atoms with E-state index in [2.05, 4.69) is 79.6 Å². The minimum Gasteiger partial charge on any atom is -0.486 e. The molecule has 0 radical (unpaired) electrons. The van der Waals surface area contributed by atoms with E-state index in [9.17, 15) is 4.79 Å². The Morgan fingerprint density at radius 3 is 2.33 bits per heavy atom. The lowest BCUT2D eigenvalue weighted by Crippen LogP contribution is -2.24. The average molecular weight is 635 g/mol. The van der Waals surface area contributed by atoms with Crippen LogP contribution in [-0.2, 0) is 6.61 Å². The molecule has 0 amide bonds. The van der Waals surface area contributed by atoms with Crippen molar-refractivity contribution in [3.63, 3.8) is 0 Å². The van der Waals surface area contributed by atoms with Gasteiger partial charge in [0.05, 0.1) is 22.0 Å². The quantitative estimate of drug-likeness (QED) is 0.204. The van der Waals surface area contributed by atoms with Crippen molar-refractivity contribution in [2.45, 2.75) is 19.1 Å². The van der Waals surface area contributed by atoms with Crippen LogP contribution in [0.5, 0.6) is 5.75 Å². The summed E-state index contributed by atoms with van der Waals surface area (Å²) >= 11 is 4.73. The van der Waals surface area contributed by atoms with Gasteiger partial charge < -0.3 is 4.74 Å². The monoisotopic (exact) mass is 633 g/mol. The molecule has 1 aliphatic rings. The van der Waals surface area contributed by atoms with Crippen molar-refractivity contribution in [1.29, 1.82) is 0 Å². The van der Waals surface area contributed by atoms with Crippen molar-refractivity contribution in [1.82, 2.24) is 14.6 Å². The minimum absolute atomic E-state index is 0.0996. The van der Waals surface area contributed by atoms with Crippen LogP contribution in [-0.4, -0.2) is 20.3 Å². The highest BCUT2D eigenvalue weighted by atomic mass is 79.9. The van der Waals surface area contributed by atoms with E-state index in [0.717, 1.165) is 33.4 Å². The first-order valence-electron chi connectivity index (χ1n) is 13.5. The van der Waals surface area contributed by atoms with E-state index in [1.165, 1.54) is 21.4 Å². The summed E-state index contributed by atoms with van der Waals surface area (Å²) in [6, 6.07) is 36.6. The number of halogens is 1. The number of hydrogen-bond acceptors (Lipinski definition) is 7. The molecule has 7 rings (SSSR count). The number of anilines is 1. The minimum atomic E-state index is -0.192. The lowest BCUT2D eigenvalue weighted by Gasteiger charge is -2.24. The van der Waals surface area contributed by atoms with Crippen LogP contribution in [0.3, 0.4) is 0 Å². The summed E-state index contributed by atoms with van der Waals surface area (Å²) in [6.45, 7) is 0.185. The first-order valence-corrected chi connectivity index (χ1v) is 15.1. The van der Waals surface area contributed by atoms with Crippen LogP contribution in [0.25, 0.3) is 11.0 Å². The van der Waals surface area contributed by atoms with E-state index in [0.29, 0.717) is 21.1 Å². The second kappa shape index (κ2) is 11.3. The summed E-state index contributed by atoms with van der Waals surface area (Å²) in [7, 11) is 0. The van der Waals surface area contributed by atoms with Gasteiger partial charge in [0.25, 0.3) is 5.56 Å². The molecule has 0 spiro atoms. The molecule has 7 nitrogen and oxygen atoms in total. The van der Waals surface area contributed by atoms with E-state index < -0.39 is 0 Å². The lowest BCUT2D eigenvalue weighted by molar-refractivity contribution is 0.296. The molecule has 0 fully saturated rings. The molecule has 2 aromatic heterocycles. The van der Waals surface area contributed by atoms with Gasteiger partial charge in [-0.05, 0) is 59.2 Å². The zero-order valence-electron chi connectivity index (χ0n) is 22.3. The highest BCUT2D eigenvalue weighted by Gasteiger charge is 2.29. The van der Waals surface area contributed by atoms with Gasteiger partial charge in [-0.1, -0.05) is 100 Å². The molecule has 206 valence electrons. The van der Waals surface area contributed by atoms with Crippen LogP contribution in [0, 0.1) is 0 Å². The number of aromatic nitrogens is 3. The number of rotatable bonds is 7. The van der Waals surface area contributed by atoms with Crippen molar-refractivity contribution in [2.75, 3.05) is 5.01 Å². The van der Waals surface area contributed by atoms with Crippen molar-refractivity contribution in [3.8, 4) is 5.75 Å². The zero-order chi connectivity index (χ0) is 28.5. The van der Waals surface area contributed by atoms with Crippen LogP contribution in [0.2, 0.25) is 0 Å². The number of benzene rings is 4. The van der Waals surface area contributed by atoms with Gasteiger partial charge in [-0.3, -0.25) is 9.80 Å². The summed E-state index contributed by atoms with van der Waals surface area (Å²) in [5.74, 6) is 1.17. The number of hydrazone groups is 1. The third-order valence-corrected chi connectivity index (χ3v) is 8.55. The van der Waals surface area contributed by atoms with Crippen molar-refractivity contribution in [2.24, 2.45) is 5.10 Å². The third kappa shape index (κ3) is 5.36. The Morgan fingerprint density at radius 1 is 0.905 bits per heavy atom. The molecule has 0 bridgehead atoms. The normalized spacial score (nSPS) is 15.4. The molecular formula is C33H24BrN5O2S. The molecule has 0 aliphatic carbocycles. The molecule has 0 N–H and O–H groups in total. The summed E-state index contributed by atoms with van der Waals surface area (Å²) in [4.78, 5) is 18.1. The SMILES string of the molecule is O=c1/c(=C/c2ccc(N3N=C(c4ccccc4)CC3c3ccccc3)cc2)sc2nc(COc3ccc(Br)cc3)nn12. The Hall–Kier alpha value is -4.60. The summed E-state index contributed by atoms with van der Waals surface area (Å²) in [5.41, 5.74) is 5.13. The first kappa shape index (κ1) is 26.3. The maximum absolute atomic E-state index is 13.1. The van der Waals surface area contributed by atoms with Crippen molar-refractivity contribution in [3.05, 3.63) is 151 Å². The van der Waals surface area contributed by atoms with Crippen LogP contribution < -0.4 is 19.8 Å². The number of ether oxygens (including phenoxy) is 1. The van der Waals surface area contributed by atoms with E-state index >= 15 is 0 Å². The maximum atomic E-state index is 13.1. The molecule has 9 heteroatoms. The first-order chi connectivity index (χ1) is 20.6.